The van der Waals surface area contributed by atoms with Gasteiger partial charge in [0.1, 0.15) is 6.54 Å². The van der Waals surface area contributed by atoms with Gasteiger partial charge in [-0.3, -0.25) is 20.4 Å². The van der Waals surface area contributed by atoms with Gasteiger partial charge in [0.2, 0.25) is 5.91 Å². The molecule has 18 heavy (non-hydrogen) atoms. The van der Waals surface area contributed by atoms with Crippen molar-refractivity contribution in [3.63, 3.8) is 0 Å². The lowest BCUT2D eigenvalue weighted by Crippen LogP contribution is -2.41. The molecular formula is C13H15N3O2. The van der Waals surface area contributed by atoms with E-state index in [4.69, 9.17) is 0 Å². The molecule has 5 heteroatoms. The molecule has 0 aliphatic heterocycles. The third-order valence-corrected chi connectivity index (χ3v) is 2.62. The van der Waals surface area contributed by atoms with Crippen molar-refractivity contribution in [2.24, 2.45) is 0 Å². The molecule has 5 nitrogen and oxygen atoms in total. The molecule has 0 bridgehead atoms. The van der Waals surface area contributed by atoms with Crippen LogP contribution >= 0.6 is 0 Å². The summed E-state index contributed by atoms with van der Waals surface area (Å²) in [6.07, 6.45) is 1.86. The SMILES string of the molecule is CC(=O)NNC(=O)Cn1ccc2cc(C)ccc21. The number of nitrogens with one attached hydrogen (secondary N) is 2. The summed E-state index contributed by atoms with van der Waals surface area (Å²) in [5.41, 5.74) is 6.78. The summed E-state index contributed by atoms with van der Waals surface area (Å²) in [5, 5.41) is 1.10. The number of hydrazine groups is 1. The number of rotatable bonds is 2. The molecule has 0 aliphatic carbocycles. The zero-order valence-electron chi connectivity index (χ0n) is 10.4. The highest BCUT2D eigenvalue weighted by molar-refractivity contribution is 5.84. The summed E-state index contributed by atoms with van der Waals surface area (Å²) >= 11 is 0. The smallest absolute Gasteiger partial charge is 0.258 e. The van der Waals surface area contributed by atoms with Gasteiger partial charge in [-0.05, 0) is 30.5 Å². The van der Waals surface area contributed by atoms with Gasteiger partial charge in [0.15, 0.2) is 0 Å². The molecule has 1 aromatic carbocycles. The second-order valence-electron chi connectivity index (χ2n) is 4.24. The van der Waals surface area contributed by atoms with Gasteiger partial charge in [0, 0.05) is 18.6 Å². The first-order valence-corrected chi connectivity index (χ1v) is 5.67. The number of benzene rings is 1. The third kappa shape index (κ3) is 2.68. The molecule has 0 aliphatic rings. The number of nitrogens with zero attached hydrogens (tertiary/aromatic N) is 1. The van der Waals surface area contributed by atoms with Crippen LogP contribution in [-0.2, 0) is 16.1 Å². The number of amides is 2. The van der Waals surface area contributed by atoms with Gasteiger partial charge in [-0.15, -0.1) is 0 Å². The predicted molar refractivity (Wildman–Crippen MR) is 68.6 cm³/mol. The highest BCUT2D eigenvalue weighted by Crippen LogP contribution is 2.17. The summed E-state index contributed by atoms with van der Waals surface area (Å²) in [7, 11) is 0. The molecule has 2 rings (SSSR count). The van der Waals surface area contributed by atoms with Gasteiger partial charge in [-0.1, -0.05) is 11.6 Å². The van der Waals surface area contributed by atoms with E-state index in [9.17, 15) is 9.59 Å². The minimum atomic E-state index is -0.295. The Morgan fingerprint density at radius 3 is 2.72 bits per heavy atom. The fraction of sp³-hybridized carbons (Fsp3) is 0.231. The van der Waals surface area contributed by atoms with Crippen molar-refractivity contribution < 1.29 is 9.59 Å². The van der Waals surface area contributed by atoms with Crippen LogP contribution in [0.5, 0.6) is 0 Å². The Labute approximate surface area is 105 Å². The van der Waals surface area contributed by atoms with E-state index in [1.165, 1.54) is 12.5 Å². The maximum atomic E-state index is 11.6. The molecule has 0 unspecified atom stereocenters. The quantitative estimate of drug-likeness (QED) is 0.779. The van der Waals surface area contributed by atoms with Gasteiger partial charge in [0.25, 0.3) is 5.91 Å². The average molecular weight is 245 g/mol. The van der Waals surface area contributed by atoms with Crippen LogP contribution in [0.2, 0.25) is 0 Å². The summed E-state index contributed by atoms with van der Waals surface area (Å²) < 4.78 is 1.84. The highest BCUT2D eigenvalue weighted by atomic mass is 16.2. The Morgan fingerprint density at radius 2 is 2.00 bits per heavy atom. The number of fused-ring (bicyclic) bond motifs is 1. The summed E-state index contributed by atoms with van der Waals surface area (Å²) in [6.45, 7) is 3.54. The standard InChI is InChI=1S/C13H15N3O2/c1-9-3-4-12-11(7-9)5-6-16(12)8-13(18)15-14-10(2)17/h3-7H,8H2,1-2H3,(H,14,17)(H,15,18). The van der Waals surface area contributed by atoms with Crippen LogP contribution in [0.15, 0.2) is 30.5 Å². The first-order chi connectivity index (χ1) is 8.56. The minimum Gasteiger partial charge on any atom is -0.338 e. The van der Waals surface area contributed by atoms with Crippen molar-refractivity contribution in [2.45, 2.75) is 20.4 Å². The molecule has 94 valence electrons. The Kier molecular flexibility index (Phi) is 3.32. The molecule has 0 spiro atoms. The topological polar surface area (TPSA) is 63.1 Å². The fourth-order valence-corrected chi connectivity index (χ4v) is 1.81. The van der Waals surface area contributed by atoms with Crippen LogP contribution in [0, 0.1) is 6.92 Å². The molecule has 0 radical (unpaired) electrons. The minimum absolute atomic E-state index is 0.173. The predicted octanol–water partition coefficient (Wildman–Crippen LogP) is 1.12. The second-order valence-corrected chi connectivity index (χ2v) is 4.24. The number of carbonyl (C=O) groups is 2. The van der Waals surface area contributed by atoms with Crippen molar-refractivity contribution in [1.29, 1.82) is 0 Å². The summed E-state index contributed by atoms with van der Waals surface area (Å²) in [6, 6.07) is 8.02. The number of hydrogen-bond donors (Lipinski definition) is 2. The van der Waals surface area contributed by atoms with E-state index in [0.29, 0.717) is 0 Å². The van der Waals surface area contributed by atoms with Gasteiger partial charge in [-0.2, -0.15) is 0 Å². The highest BCUT2D eigenvalue weighted by Gasteiger charge is 2.06. The Hall–Kier alpha value is -2.30. The molecule has 0 fully saturated rings. The van der Waals surface area contributed by atoms with Crippen molar-refractivity contribution in [1.82, 2.24) is 15.4 Å². The first kappa shape index (κ1) is 12.2. The van der Waals surface area contributed by atoms with E-state index >= 15 is 0 Å². The average Bonchev–Trinajstić information content (AvgIpc) is 2.69. The molecule has 1 aromatic heterocycles. The monoisotopic (exact) mass is 245 g/mol. The molecule has 2 amide bonds. The molecule has 2 N–H and O–H groups in total. The maximum absolute atomic E-state index is 11.6. The van der Waals surface area contributed by atoms with Gasteiger partial charge >= 0.3 is 0 Å². The molecule has 0 atom stereocenters. The molecule has 0 saturated carbocycles. The Bertz CT molecular complexity index is 601. The van der Waals surface area contributed by atoms with E-state index in [1.54, 1.807) is 0 Å². The zero-order chi connectivity index (χ0) is 13.1. The number of aryl methyl sites for hydroxylation is 1. The van der Waals surface area contributed by atoms with E-state index in [-0.39, 0.29) is 18.4 Å². The van der Waals surface area contributed by atoms with Crippen molar-refractivity contribution in [3.05, 3.63) is 36.0 Å². The van der Waals surface area contributed by atoms with Crippen LogP contribution in [0.3, 0.4) is 0 Å². The Balaban J connectivity index is 2.12. The van der Waals surface area contributed by atoms with Gasteiger partial charge in [0.05, 0.1) is 0 Å². The normalized spacial score (nSPS) is 10.3. The lowest BCUT2D eigenvalue weighted by Gasteiger charge is -2.07. The van der Waals surface area contributed by atoms with Crippen LogP contribution in [0.4, 0.5) is 0 Å². The fourth-order valence-electron chi connectivity index (χ4n) is 1.81. The van der Waals surface area contributed by atoms with Crippen LogP contribution in [0.1, 0.15) is 12.5 Å². The van der Waals surface area contributed by atoms with E-state index in [1.807, 2.05) is 35.9 Å². The molecular weight excluding hydrogens is 230 g/mol. The van der Waals surface area contributed by atoms with Crippen molar-refractivity contribution in [3.8, 4) is 0 Å². The summed E-state index contributed by atoms with van der Waals surface area (Å²) in [5.74, 6) is -0.556. The van der Waals surface area contributed by atoms with Gasteiger partial charge in [-0.25, -0.2) is 0 Å². The van der Waals surface area contributed by atoms with E-state index in [2.05, 4.69) is 16.9 Å². The lowest BCUT2D eigenvalue weighted by molar-refractivity contribution is -0.128. The third-order valence-electron chi connectivity index (χ3n) is 2.62. The Morgan fingerprint density at radius 1 is 1.22 bits per heavy atom. The number of carbonyl (C=O) groups excluding carboxylic acids is 2. The van der Waals surface area contributed by atoms with Crippen molar-refractivity contribution >= 4 is 22.7 Å². The second kappa shape index (κ2) is 4.91. The molecule has 0 saturated heterocycles. The van der Waals surface area contributed by atoms with Crippen molar-refractivity contribution in [2.75, 3.05) is 0 Å². The van der Waals surface area contributed by atoms with Crippen LogP contribution in [-0.4, -0.2) is 16.4 Å². The summed E-state index contributed by atoms with van der Waals surface area (Å²) in [4.78, 5) is 22.2. The lowest BCUT2D eigenvalue weighted by atomic mass is 10.2. The van der Waals surface area contributed by atoms with Gasteiger partial charge < -0.3 is 4.57 Å². The van der Waals surface area contributed by atoms with Crippen LogP contribution < -0.4 is 10.9 Å². The molecule has 2 aromatic rings. The molecule has 1 heterocycles. The van der Waals surface area contributed by atoms with Crippen LogP contribution in [0.25, 0.3) is 10.9 Å². The zero-order valence-corrected chi connectivity index (χ0v) is 10.4. The number of aromatic nitrogens is 1. The first-order valence-electron chi connectivity index (χ1n) is 5.67. The van der Waals surface area contributed by atoms with E-state index in [0.717, 1.165) is 10.9 Å². The maximum Gasteiger partial charge on any atom is 0.258 e. The largest absolute Gasteiger partial charge is 0.338 e. The number of hydrogen-bond acceptors (Lipinski definition) is 2. The van der Waals surface area contributed by atoms with E-state index < -0.39 is 0 Å².